The van der Waals surface area contributed by atoms with Crippen LogP contribution >= 0.6 is 0 Å². The number of carbonyl (C=O) groups excluding carboxylic acids is 1. The molecule has 0 saturated carbocycles. The zero-order valence-electron chi connectivity index (χ0n) is 9.74. The molecule has 0 unspecified atom stereocenters. The highest BCUT2D eigenvalue weighted by atomic mass is 16.3. The van der Waals surface area contributed by atoms with Crippen LogP contribution in [0.4, 0.5) is 4.79 Å². The van der Waals surface area contributed by atoms with E-state index in [-0.39, 0.29) is 5.82 Å². The van der Waals surface area contributed by atoms with Crippen LogP contribution in [0, 0.1) is 0 Å². The number of primary amides is 1. The van der Waals surface area contributed by atoms with Gasteiger partial charge >= 0.3 is 6.03 Å². The summed E-state index contributed by atoms with van der Waals surface area (Å²) in [5.41, 5.74) is 5.23. The second kappa shape index (κ2) is 4.09. The van der Waals surface area contributed by atoms with Gasteiger partial charge in [0.2, 0.25) is 0 Å². The van der Waals surface area contributed by atoms with E-state index in [1.807, 2.05) is 0 Å². The van der Waals surface area contributed by atoms with Gasteiger partial charge in [0, 0.05) is 0 Å². The molecule has 0 atom stereocenters. The average molecular weight is 255 g/mol. The third-order valence-electron chi connectivity index (χ3n) is 2.74. The third kappa shape index (κ3) is 1.70. The zero-order valence-corrected chi connectivity index (χ0v) is 9.74. The molecule has 0 aliphatic heterocycles. The number of carbonyl (C=O) groups is 1. The van der Waals surface area contributed by atoms with Crippen molar-refractivity contribution in [3.63, 3.8) is 0 Å². The molecule has 0 radical (unpaired) electrons. The molecule has 0 aliphatic carbocycles. The normalized spacial score (nSPS) is 10.7. The number of amides is 1. The maximum atomic E-state index is 12.3. The van der Waals surface area contributed by atoms with Gasteiger partial charge in [-0.1, -0.05) is 12.1 Å². The van der Waals surface area contributed by atoms with Crippen molar-refractivity contribution in [2.75, 3.05) is 0 Å². The van der Waals surface area contributed by atoms with Crippen LogP contribution in [-0.2, 0) is 0 Å². The number of hydrogen-bond donors (Lipinski definition) is 1. The van der Waals surface area contributed by atoms with Crippen LogP contribution in [-0.4, -0.2) is 15.6 Å². The Morgan fingerprint density at radius 2 is 2.00 bits per heavy atom. The first-order valence-electron chi connectivity index (χ1n) is 5.54. The first kappa shape index (κ1) is 11.2. The summed E-state index contributed by atoms with van der Waals surface area (Å²) in [4.78, 5) is 28.0. The molecule has 0 aliphatic rings. The summed E-state index contributed by atoms with van der Waals surface area (Å²) >= 11 is 0. The molecule has 0 fully saturated rings. The van der Waals surface area contributed by atoms with Crippen LogP contribution in [0.2, 0.25) is 0 Å². The monoisotopic (exact) mass is 255 g/mol. The topological polar surface area (TPSA) is 91.1 Å². The van der Waals surface area contributed by atoms with Crippen molar-refractivity contribution in [1.29, 1.82) is 0 Å². The number of hydrogen-bond acceptors (Lipinski definition) is 4. The molecule has 2 N–H and O–H groups in total. The van der Waals surface area contributed by atoms with Crippen molar-refractivity contribution in [3.8, 4) is 11.6 Å². The minimum atomic E-state index is -0.894. The van der Waals surface area contributed by atoms with Gasteiger partial charge in [0.1, 0.15) is 0 Å². The van der Waals surface area contributed by atoms with E-state index in [1.165, 1.54) is 6.26 Å². The number of aromatic nitrogens is 2. The maximum absolute atomic E-state index is 12.3. The fourth-order valence-corrected chi connectivity index (χ4v) is 1.91. The standard InChI is InChI=1S/C13H9N3O3/c14-13(18)16-11(10-6-3-7-19-10)15-9-5-2-1-4-8(9)12(16)17/h1-7H,(H2,14,18). The molecule has 6 nitrogen and oxygen atoms in total. The summed E-state index contributed by atoms with van der Waals surface area (Å²) in [6.45, 7) is 0. The minimum absolute atomic E-state index is 0.0983. The summed E-state index contributed by atoms with van der Waals surface area (Å²) in [7, 11) is 0. The van der Waals surface area contributed by atoms with E-state index in [0.717, 1.165) is 4.57 Å². The van der Waals surface area contributed by atoms with Crippen molar-refractivity contribution in [2.24, 2.45) is 5.73 Å². The van der Waals surface area contributed by atoms with Gasteiger partial charge in [-0.15, -0.1) is 0 Å². The summed E-state index contributed by atoms with van der Waals surface area (Å²) in [6, 6.07) is 9.09. The number of rotatable bonds is 1. The average Bonchev–Trinajstić information content (AvgIpc) is 2.92. The molecule has 94 valence electrons. The molecule has 3 rings (SSSR count). The molecule has 6 heteroatoms. The number of nitrogens with zero attached hydrogens (tertiary/aromatic N) is 2. The molecule has 0 spiro atoms. The zero-order chi connectivity index (χ0) is 13.4. The second-order valence-corrected chi connectivity index (χ2v) is 3.91. The van der Waals surface area contributed by atoms with E-state index in [0.29, 0.717) is 16.7 Å². The van der Waals surface area contributed by atoms with Crippen LogP contribution in [0.5, 0.6) is 0 Å². The SMILES string of the molecule is NC(=O)n1c(-c2ccco2)nc2ccccc2c1=O. The molecule has 1 amide bonds. The van der Waals surface area contributed by atoms with E-state index < -0.39 is 11.6 Å². The van der Waals surface area contributed by atoms with Crippen LogP contribution < -0.4 is 11.3 Å². The molecule has 19 heavy (non-hydrogen) atoms. The van der Waals surface area contributed by atoms with E-state index in [1.54, 1.807) is 36.4 Å². The number of nitrogens with two attached hydrogens (primary N) is 1. The van der Waals surface area contributed by atoms with Gasteiger partial charge in [0.05, 0.1) is 17.2 Å². The Bertz CT molecular complexity index is 819. The second-order valence-electron chi connectivity index (χ2n) is 3.91. The Labute approximate surface area is 107 Å². The first-order valence-corrected chi connectivity index (χ1v) is 5.54. The highest BCUT2D eigenvalue weighted by molar-refractivity contribution is 5.86. The predicted molar refractivity (Wildman–Crippen MR) is 68.7 cm³/mol. The fourth-order valence-electron chi connectivity index (χ4n) is 1.91. The third-order valence-corrected chi connectivity index (χ3v) is 2.74. The minimum Gasteiger partial charge on any atom is -0.461 e. The number of para-hydroxylation sites is 1. The number of fused-ring (bicyclic) bond motifs is 1. The fraction of sp³-hybridized carbons (Fsp3) is 0. The van der Waals surface area contributed by atoms with Crippen LogP contribution in [0.1, 0.15) is 0 Å². The molecule has 2 aromatic heterocycles. The molecule has 3 aromatic rings. The van der Waals surface area contributed by atoms with Gasteiger partial charge in [0.15, 0.2) is 11.6 Å². The Morgan fingerprint density at radius 1 is 1.21 bits per heavy atom. The van der Waals surface area contributed by atoms with Crippen molar-refractivity contribution in [3.05, 3.63) is 53.0 Å². The van der Waals surface area contributed by atoms with E-state index in [9.17, 15) is 9.59 Å². The van der Waals surface area contributed by atoms with Crippen LogP contribution in [0.25, 0.3) is 22.5 Å². The predicted octanol–water partition coefficient (Wildman–Crippen LogP) is 1.58. The van der Waals surface area contributed by atoms with Crippen molar-refractivity contribution < 1.29 is 9.21 Å². The maximum Gasteiger partial charge on any atom is 0.327 e. The van der Waals surface area contributed by atoms with Gasteiger partial charge in [-0.05, 0) is 24.3 Å². The summed E-state index contributed by atoms with van der Waals surface area (Å²) in [5.74, 6) is 0.405. The smallest absolute Gasteiger partial charge is 0.327 e. The lowest BCUT2D eigenvalue weighted by atomic mass is 10.2. The molecular formula is C13H9N3O3. The highest BCUT2D eigenvalue weighted by Crippen LogP contribution is 2.18. The van der Waals surface area contributed by atoms with Crippen molar-refractivity contribution in [2.45, 2.75) is 0 Å². The molecule has 2 heterocycles. The lowest BCUT2D eigenvalue weighted by molar-refractivity contribution is 0.249. The van der Waals surface area contributed by atoms with Crippen LogP contribution in [0.3, 0.4) is 0 Å². The van der Waals surface area contributed by atoms with Gasteiger partial charge in [-0.3, -0.25) is 4.79 Å². The van der Waals surface area contributed by atoms with Gasteiger partial charge in [-0.25, -0.2) is 14.3 Å². The van der Waals surface area contributed by atoms with Crippen molar-refractivity contribution >= 4 is 16.9 Å². The highest BCUT2D eigenvalue weighted by Gasteiger charge is 2.17. The summed E-state index contributed by atoms with van der Waals surface area (Å²) < 4.78 is 5.99. The first-order chi connectivity index (χ1) is 9.18. The molecule has 0 bridgehead atoms. The van der Waals surface area contributed by atoms with Gasteiger partial charge in [0.25, 0.3) is 5.56 Å². The van der Waals surface area contributed by atoms with E-state index in [4.69, 9.17) is 10.2 Å². The Kier molecular flexibility index (Phi) is 2.42. The summed E-state index contributed by atoms with van der Waals surface area (Å²) in [5, 5.41) is 0.330. The van der Waals surface area contributed by atoms with Gasteiger partial charge < -0.3 is 10.2 Å². The van der Waals surface area contributed by atoms with Crippen LogP contribution in [0.15, 0.2) is 51.9 Å². The Morgan fingerprint density at radius 3 is 2.68 bits per heavy atom. The molecular weight excluding hydrogens is 246 g/mol. The Balaban J connectivity index is 2.47. The molecule has 0 saturated heterocycles. The Hall–Kier alpha value is -2.89. The van der Waals surface area contributed by atoms with Crippen molar-refractivity contribution in [1.82, 2.24) is 9.55 Å². The van der Waals surface area contributed by atoms with E-state index in [2.05, 4.69) is 4.98 Å². The lowest BCUT2D eigenvalue weighted by Gasteiger charge is -2.07. The summed E-state index contributed by atoms with van der Waals surface area (Å²) in [6.07, 6.45) is 1.43. The van der Waals surface area contributed by atoms with E-state index >= 15 is 0 Å². The number of benzene rings is 1. The quantitative estimate of drug-likeness (QED) is 0.714. The number of furan rings is 1. The lowest BCUT2D eigenvalue weighted by Crippen LogP contribution is -2.33. The molecule has 1 aromatic carbocycles. The van der Waals surface area contributed by atoms with Gasteiger partial charge in [-0.2, -0.15) is 0 Å². The largest absolute Gasteiger partial charge is 0.461 e.